The minimum atomic E-state index is -0.673. The van der Waals surface area contributed by atoms with Gasteiger partial charge >= 0.3 is 5.97 Å². The van der Waals surface area contributed by atoms with E-state index in [1.165, 1.54) is 29.9 Å². The van der Waals surface area contributed by atoms with E-state index in [-0.39, 0.29) is 0 Å². The second-order valence-electron chi connectivity index (χ2n) is 6.40. The predicted molar refractivity (Wildman–Crippen MR) is 95.7 cm³/mol. The molecule has 0 saturated carbocycles. The van der Waals surface area contributed by atoms with E-state index in [0.717, 1.165) is 31.8 Å². The SMILES string of the molecule is O=C(O)CCCCCCC1CSCC1COCc1ccccc1. The number of benzene rings is 1. The van der Waals surface area contributed by atoms with Crippen LogP contribution in [0.5, 0.6) is 0 Å². The first kappa shape index (κ1) is 18.3. The molecule has 0 aromatic heterocycles. The molecule has 23 heavy (non-hydrogen) atoms. The number of carboxylic acid groups (broad SMARTS) is 1. The lowest BCUT2D eigenvalue weighted by molar-refractivity contribution is -0.137. The van der Waals surface area contributed by atoms with Crippen LogP contribution in [0.1, 0.15) is 44.1 Å². The van der Waals surface area contributed by atoms with Gasteiger partial charge in [0.15, 0.2) is 0 Å². The molecule has 1 aliphatic rings. The lowest BCUT2D eigenvalue weighted by Crippen LogP contribution is -2.18. The Balaban J connectivity index is 1.56. The van der Waals surface area contributed by atoms with Crippen LogP contribution in [0.15, 0.2) is 30.3 Å². The molecule has 0 bridgehead atoms. The Morgan fingerprint density at radius 1 is 1.09 bits per heavy atom. The van der Waals surface area contributed by atoms with Crippen LogP contribution >= 0.6 is 11.8 Å². The van der Waals surface area contributed by atoms with Gasteiger partial charge < -0.3 is 9.84 Å². The van der Waals surface area contributed by atoms with Crippen molar-refractivity contribution in [3.8, 4) is 0 Å². The van der Waals surface area contributed by atoms with Crippen LogP contribution in [-0.2, 0) is 16.1 Å². The van der Waals surface area contributed by atoms with Gasteiger partial charge in [0.1, 0.15) is 0 Å². The smallest absolute Gasteiger partial charge is 0.303 e. The van der Waals surface area contributed by atoms with Gasteiger partial charge in [-0.05, 0) is 41.7 Å². The van der Waals surface area contributed by atoms with E-state index in [9.17, 15) is 4.79 Å². The fourth-order valence-corrected chi connectivity index (χ4v) is 4.63. The minimum absolute atomic E-state index is 0.315. The van der Waals surface area contributed by atoms with Crippen molar-refractivity contribution < 1.29 is 14.6 Å². The van der Waals surface area contributed by atoms with Gasteiger partial charge in [0.25, 0.3) is 0 Å². The van der Waals surface area contributed by atoms with Crippen molar-refractivity contribution in [1.29, 1.82) is 0 Å². The zero-order chi connectivity index (χ0) is 16.3. The molecule has 1 aromatic rings. The molecule has 3 nitrogen and oxygen atoms in total. The largest absolute Gasteiger partial charge is 0.481 e. The van der Waals surface area contributed by atoms with Crippen LogP contribution in [0.2, 0.25) is 0 Å². The molecule has 0 aliphatic carbocycles. The van der Waals surface area contributed by atoms with Crippen LogP contribution in [0, 0.1) is 11.8 Å². The Hall–Kier alpha value is -1.00. The van der Waals surface area contributed by atoms with E-state index in [1.807, 2.05) is 6.07 Å². The van der Waals surface area contributed by atoms with Gasteiger partial charge in [0.05, 0.1) is 13.2 Å². The molecule has 0 amide bonds. The molecule has 1 heterocycles. The first-order valence-corrected chi connectivity index (χ1v) is 9.82. The third kappa shape index (κ3) is 7.40. The summed E-state index contributed by atoms with van der Waals surface area (Å²) in [7, 11) is 0. The highest BCUT2D eigenvalue weighted by Gasteiger charge is 2.27. The fraction of sp³-hybridized carbons (Fsp3) is 0.632. The highest BCUT2D eigenvalue weighted by molar-refractivity contribution is 7.99. The Bertz CT molecular complexity index is 449. The molecule has 128 valence electrons. The van der Waals surface area contributed by atoms with Crippen LogP contribution in [0.25, 0.3) is 0 Å². The van der Waals surface area contributed by atoms with E-state index >= 15 is 0 Å². The Kier molecular flexibility index (Phi) is 8.54. The van der Waals surface area contributed by atoms with Crippen molar-refractivity contribution in [2.75, 3.05) is 18.1 Å². The molecule has 1 aliphatic heterocycles. The van der Waals surface area contributed by atoms with Crippen molar-refractivity contribution in [2.45, 2.75) is 45.1 Å². The number of aliphatic carboxylic acids is 1. The second kappa shape index (κ2) is 10.7. The van der Waals surface area contributed by atoms with Crippen molar-refractivity contribution in [3.63, 3.8) is 0 Å². The molecular weight excluding hydrogens is 308 g/mol. The van der Waals surface area contributed by atoms with Gasteiger partial charge in [-0.25, -0.2) is 0 Å². The number of carbonyl (C=O) groups is 1. The number of carboxylic acids is 1. The number of rotatable bonds is 11. The predicted octanol–water partition coefficient (Wildman–Crippen LogP) is 4.61. The zero-order valence-electron chi connectivity index (χ0n) is 13.8. The summed E-state index contributed by atoms with van der Waals surface area (Å²) in [5.41, 5.74) is 1.24. The van der Waals surface area contributed by atoms with Gasteiger partial charge in [-0.1, -0.05) is 49.6 Å². The molecule has 1 fully saturated rings. The first-order chi connectivity index (χ1) is 11.3. The van der Waals surface area contributed by atoms with Crippen molar-refractivity contribution in [2.24, 2.45) is 11.8 Å². The lowest BCUT2D eigenvalue weighted by atomic mass is 9.91. The average Bonchev–Trinajstić information content (AvgIpc) is 2.99. The maximum atomic E-state index is 10.5. The average molecular weight is 336 g/mol. The molecule has 4 heteroatoms. The van der Waals surface area contributed by atoms with Gasteiger partial charge in [-0.2, -0.15) is 11.8 Å². The monoisotopic (exact) mass is 336 g/mol. The molecule has 0 spiro atoms. The Labute approximate surface area is 143 Å². The number of hydrogen-bond acceptors (Lipinski definition) is 3. The van der Waals surface area contributed by atoms with Crippen molar-refractivity contribution >= 4 is 17.7 Å². The summed E-state index contributed by atoms with van der Waals surface area (Å²) >= 11 is 2.05. The van der Waals surface area contributed by atoms with Crippen LogP contribution < -0.4 is 0 Å². The van der Waals surface area contributed by atoms with Crippen LogP contribution in [-0.4, -0.2) is 29.2 Å². The molecule has 1 aromatic carbocycles. The van der Waals surface area contributed by atoms with E-state index in [1.54, 1.807) is 0 Å². The normalized spacial score (nSPS) is 20.7. The van der Waals surface area contributed by atoms with E-state index in [0.29, 0.717) is 18.9 Å². The zero-order valence-corrected chi connectivity index (χ0v) is 14.6. The lowest BCUT2D eigenvalue weighted by Gasteiger charge is -2.18. The Morgan fingerprint density at radius 2 is 1.83 bits per heavy atom. The summed E-state index contributed by atoms with van der Waals surface area (Å²) in [5.74, 6) is 3.26. The minimum Gasteiger partial charge on any atom is -0.481 e. The number of thioether (sulfide) groups is 1. The van der Waals surface area contributed by atoms with E-state index in [4.69, 9.17) is 9.84 Å². The van der Waals surface area contributed by atoms with Crippen molar-refractivity contribution in [3.05, 3.63) is 35.9 Å². The van der Waals surface area contributed by atoms with Crippen LogP contribution in [0.3, 0.4) is 0 Å². The fourth-order valence-electron chi connectivity index (χ4n) is 3.08. The quantitative estimate of drug-likeness (QED) is 0.600. The van der Waals surface area contributed by atoms with Gasteiger partial charge in [0.2, 0.25) is 0 Å². The highest BCUT2D eigenvalue weighted by Crippen LogP contribution is 2.34. The molecule has 1 saturated heterocycles. The topological polar surface area (TPSA) is 46.5 Å². The second-order valence-corrected chi connectivity index (χ2v) is 7.48. The van der Waals surface area contributed by atoms with Crippen LogP contribution in [0.4, 0.5) is 0 Å². The summed E-state index contributed by atoms with van der Waals surface area (Å²) in [6.45, 7) is 1.58. The van der Waals surface area contributed by atoms with Crippen molar-refractivity contribution in [1.82, 2.24) is 0 Å². The van der Waals surface area contributed by atoms with Gasteiger partial charge in [0, 0.05) is 6.42 Å². The summed E-state index contributed by atoms with van der Waals surface area (Å²) in [6, 6.07) is 10.4. The Morgan fingerprint density at radius 3 is 2.61 bits per heavy atom. The number of hydrogen-bond donors (Lipinski definition) is 1. The summed E-state index contributed by atoms with van der Waals surface area (Å²) in [6.07, 6.45) is 5.82. The van der Waals surface area contributed by atoms with E-state index < -0.39 is 5.97 Å². The standard InChI is InChI=1S/C19H28O3S/c20-19(21)11-7-2-1-6-10-17-14-23-15-18(17)13-22-12-16-8-4-3-5-9-16/h3-5,8-9,17-18H,1-2,6-7,10-15H2,(H,20,21). The molecule has 2 rings (SSSR count). The molecule has 1 N–H and O–H groups in total. The first-order valence-electron chi connectivity index (χ1n) is 8.67. The van der Waals surface area contributed by atoms with Gasteiger partial charge in [-0.3, -0.25) is 4.79 Å². The summed E-state index contributed by atoms with van der Waals surface area (Å²) in [4.78, 5) is 10.5. The van der Waals surface area contributed by atoms with Gasteiger partial charge in [-0.15, -0.1) is 0 Å². The van der Waals surface area contributed by atoms with E-state index in [2.05, 4.69) is 36.0 Å². The summed E-state index contributed by atoms with van der Waals surface area (Å²) < 4.78 is 5.93. The summed E-state index contributed by atoms with van der Waals surface area (Å²) in [5, 5.41) is 8.63. The molecule has 0 radical (unpaired) electrons. The maximum Gasteiger partial charge on any atom is 0.303 e. The third-order valence-electron chi connectivity index (χ3n) is 4.49. The molecule has 2 atom stereocenters. The molecule has 2 unspecified atom stereocenters. The maximum absolute atomic E-state index is 10.5. The number of unbranched alkanes of at least 4 members (excludes halogenated alkanes) is 3. The highest BCUT2D eigenvalue weighted by atomic mass is 32.2. The third-order valence-corrected chi connectivity index (χ3v) is 5.82. The molecular formula is C19H28O3S. The number of ether oxygens (including phenoxy) is 1.